The summed E-state index contributed by atoms with van der Waals surface area (Å²) < 4.78 is 1.94. The van der Waals surface area contributed by atoms with Crippen LogP contribution in [0.5, 0.6) is 0 Å². The summed E-state index contributed by atoms with van der Waals surface area (Å²) in [5.74, 6) is 0.956. The normalized spacial score (nSPS) is 26.3. The molecule has 1 aromatic heterocycles. The second kappa shape index (κ2) is 4.74. The number of hydrogen-bond donors (Lipinski definition) is 1. The van der Waals surface area contributed by atoms with E-state index in [1.165, 1.54) is 38.8 Å². The van der Waals surface area contributed by atoms with E-state index >= 15 is 0 Å². The van der Waals surface area contributed by atoms with Crippen molar-refractivity contribution in [2.24, 2.45) is 5.92 Å². The van der Waals surface area contributed by atoms with Crippen molar-refractivity contribution in [3.63, 3.8) is 0 Å². The molecular formula is C12H20N4O. The molecule has 0 amide bonds. The van der Waals surface area contributed by atoms with Gasteiger partial charge in [-0.2, -0.15) is 0 Å². The SMILES string of the molecule is OCc1cn(C2CCCN(CC3CC3)C2)nn1. The molecule has 1 aliphatic heterocycles. The average molecular weight is 236 g/mol. The van der Waals surface area contributed by atoms with Crippen LogP contribution in [0.25, 0.3) is 0 Å². The fourth-order valence-electron chi connectivity index (χ4n) is 2.64. The van der Waals surface area contributed by atoms with Gasteiger partial charge in [0.25, 0.3) is 0 Å². The number of nitrogens with zero attached hydrogens (tertiary/aromatic N) is 4. The molecule has 3 rings (SSSR count). The Bertz CT molecular complexity index is 374. The molecule has 1 aliphatic carbocycles. The third kappa shape index (κ3) is 2.66. The highest BCUT2D eigenvalue weighted by atomic mass is 16.3. The van der Waals surface area contributed by atoms with Gasteiger partial charge in [0.05, 0.1) is 18.8 Å². The second-order valence-corrected chi connectivity index (χ2v) is 5.35. The van der Waals surface area contributed by atoms with Gasteiger partial charge in [0.1, 0.15) is 5.69 Å². The number of piperidine rings is 1. The Hall–Kier alpha value is -0.940. The lowest BCUT2D eigenvalue weighted by molar-refractivity contribution is 0.163. The van der Waals surface area contributed by atoms with Crippen molar-refractivity contribution in [1.82, 2.24) is 19.9 Å². The highest BCUT2D eigenvalue weighted by Gasteiger charge is 2.28. The van der Waals surface area contributed by atoms with E-state index in [2.05, 4.69) is 15.2 Å². The van der Waals surface area contributed by atoms with Crippen LogP contribution in [-0.4, -0.2) is 44.6 Å². The molecule has 5 heteroatoms. The summed E-state index contributed by atoms with van der Waals surface area (Å²) in [6.45, 7) is 3.57. The summed E-state index contributed by atoms with van der Waals surface area (Å²) >= 11 is 0. The Morgan fingerprint density at radius 2 is 2.24 bits per heavy atom. The van der Waals surface area contributed by atoms with E-state index in [9.17, 15) is 0 Å². The van der Waals surface area contributed by atoms with E-state index in [-0.39, 0.29) is 6.61 Å². The van der Waals surface area contributed by atoms with Gasteiger partial charge in [-0.15, -0.1) is 5.10 Å². The number of rotatable bonds is 4. The molecule has 1 unspecified atom stereocenters. The van der Waals surface area contributed by atoms with Gasteiger partial charge in [-0.25, -0.2) is 4.68 Å². The van der Waals surface area contributed by atoms with Gasteiger partial charge in [-0.05, 0) is 38.1 Å². The Kier molecular flexibility index (Phi) is 3.11. The number of aliphatic hydroxyl groups is 1. The molecule has 0 radical (unpaired) electrons. The quantitative estimate of drug-likeness (QED) is 0.841. The first kappa shape index (κ1) is 11.2. The summed E-state index contributed by atoms with van der Waals surface area (Å²) in [5.41, 5.74) is 0.671. The van der Waals surface area contributed by atoms with Gasteiger partial charge >= 0.3 is 0 Å². The van der Waals surface area contributed by atoms with Crippen LogP contribution in [0.15, 0.2) is 6.20 Å². The third-order valence-corrected chi connectivity index (χ3v) is 3.79. The lowest BCUT2D eigenvalue weighted by atomic mass is 10.1. The van der Waals surface area contributed by atoms with Crippen molar-refractivity contribution in [3.8, 4) is 0 Å². The summed E-state index contributed by atoms with van der Waals surface area (Å²) in [4.78, 5) is 2.56. The fourth-order valence-corrected chi connectivity index (χ4v) is 2.64. The predicted octanol–water partition coefficient (Wildman–Crippen LogP) is 0.817. The zero-order valence-corrected chi connectivity index (χ0v) is 10.1. The van der Waals surface area contributed by atoms with Gasteiger partial charge in [-0.3, -0.25) is 0 Å². The zero-order chi connectivity index (χ0) is 11.7. The van der Waals surface area contributed by atoms with Crippen molar-refractivity contribution in [3.05, 3.63) is 11.9 Å². The summed E-state index contributed by atoms with van der Waals surface area (Å²) in [7, 11) is 0. The fraction of sp³-hybridized carbons (Fsp3) is 0.833. The molecule has 1 N–H and O–H groups in total. The van der Waals surface area contributed by atoms with Gasteiger partial charge in [-0.1, -0.05) is 5.21 Å². The third-order valence-electron chi connectivity index (χ3n) is 3.79. The molecule has 0 spiro atoms. The molecule has 5 nitrogen and oxygen atoms in total. The minimum atomic E-state index is -0.0154. The minimum absolute atomic E-state index is 0.0154. The Morgan fingerprint density at radius 1 is 1.35 bits per heavy atom. The van der Waals surface area contributed by atoms with E-state index in [4.69, 9.17) is 5.11 Å². The standard InChI is InChI=1S/C12H20N4O/c17-9-11-7-16(14-13-11)12-2-1-5-15(8-12)6-10-3-4-10/h7,10,12,17H,1-6,8-9H2. The van der Waals surface area contributed by atoms with Gasteiger partial charge < -0.3 is 10.0 Å². The topological polar surface area (TPSA) is 54.2 Å². The lowest BCUT2D eigenvalue weighted by Gasteiger charge is -2.32. The Balaban J connectivity index is 1.61. The van der Waals surface area contributed by atoms with E-state index in [0.717, 1.165) is 12.5 Å². The van der Waals surface area contributed by atoms with Gasteiger partial charge in [0, 0.05) is 13.1 Å². The first-order valence-corrected chi connectivity index (χ1v) is 6.59. The molecule has 2 fully saturated rings. The van der Waals surface area contributed by atoms with E-state index in [0.29, 0.717) is 11.7 Å². The van der Waals surface area contributed by atoms with E-state index < -0.39 is 0 Å². The van der Waals surface area contributed by atoms with Crippen LogP contribution in [0.2, 0.25) is 0 Å². The van der Waals surface area contributed by atoms with Crippen LogP contribution in [-0.2, 0) is 6.61 Å². The zero-order valence-electron chi connectivity index (χ0n) is 10.1. The summed E-state index contributed by atoms with van der Waals surface area (Å²) in [5, 5.41) is 17.1. The predicted molar refractivity (Wildman–Crippen MR) is 63.4 cm³/mol. The molecule has 1 saturated carbocycles. The molecule has 17 heavy (non-hydrogen) atoms. The maximum atomic E-state index is 9.00. The number of aromatic nitrogens is 3. The summed E-state index contributed by atoms with van der Waals surface area (Å²) in [6, 6.07) is 0.440. The highest BCUT2D eigenvalue weighted by molar-refractivity contribution is 4.92. The monoisotopic (exact) mass is 236 g/mol. The van der Waals surface area contributed by atoms with E-state index in [1.54, 1.807) is 0 Å². The molecule has 0 aromatic carbocycles. The second-order valence-electron chi connectivity index (χ2n) is 5.35. The largest absolute Gasteiger partial charge is 0.390 e. The van der Waals surface area contributed by atoms with Crippen molar-refractivity contribution in [2.45, 2.75) is 38.3 Å². The molecule has 1 aromatic rings. The lowest BCUT2D eigenvalue weighted by Crippen LogP contribution is -2.38. The Labute approximate surface area is 101 Å². The molecule has 1 saturated heterocycles. The van der Waals surface area contributed by atoms with Crippen LogP contribution in [0.1, 0.15) is 37.4 Å². The van der Waals surface area contributed by atoms with Crippen LogP contribution in [0.3, 0.4) is 0 Å². The molecule has 94 valence electrons. The van der Waals surface area contributed by atoms with Crippen molar-refractivity contribution >= 4 is 0 Å². The van der Waals surface area contributed by atoms with Crippen molar-refractivity contribution in [2.75, 3.05) is 19.6 Å². The van der Waals surface area contributed by atoms with Gasteiger partial charge in [0.2, 0.25) is 0 Å². The van der Waals surface area contributed by atoms with E-state index in [1.807, 2.05) is 10.9 Å². The molecule has 2 heterocycles. The molecular weight excluding hydrogens is 216 g/mol. The van der Waals surface area contributed by atoms with Crippen LogP contribution < -0.4 is 0 Å². The maximum Gasteiger partial charge on any atom is 0.108 e. The number of aliphatic hydroxyl groups excluding tert-OH is 1. The van der Waals surface area contributed by atoms with Crippen molar-refractivity contribution in [1.29, 1.82) is 0 Å². The molecule has 0 bridgehead atoms. The first-order chi connectivity index (χ1) is 8.35. The Morgan fingerprint density at radius 3 is 2.94 bits per heavy atom. The smallest absolute Gasteiger partial charge is 0.108 e. The van der Waals surface area contributed by atoms with Crippen LogP contribution >= 0.6 is 0 Å². The van der Waals surface area contributed by atoms with Crippen molar-refractivity contribution < 1.29 is 5.11 Å². The minimum Gasteiger partial charge on any atom is -0.390 e. The van der Waals surface area contributed by atoms with Crippen LogP contribution in [0.4, 0.5) is 0 Å². The number of likely N-dealkylation sites (tertiary alicyclic amines) is 1. The molecule has 1 atom stereocenters. The highest BCUT2D eigenvalue weighted by Crippen LogP contribution is 2.31. The summed E-state index contributed by atoms with van der Waals surface area (Å²) in [6.07, 6.45) is 7.13. The molecule has 2 aliphatic rings. The first-order valence-electron chi connectivity index (χ1n) is 6.59. The number of hydrogen-bond acceptors (Lipinski definition) is 4. The maximum absolute atomic E-state index is 9.00. The average Bonchev–Trinajstić information content (AvgIpc) is 3.04. The van der Waals surface area contributed by atoms with Gasteiger partial charge in [0.15, 0.2) is 0 Å². The van der Waals surface area contributed by atoms with Crippen LogP contribution in [0, 0.1) is 5.92 Å².